The zero-order chi connectivity index (χ0) is 10.7. The molecular formula is C13H16ClN. The number of benzene rings is 1. The minimum atomic E-state index is 0.666. The second kappa shape index (κ2) is 4.82. The number of hydrogen-bond donors (Lipinski definition) is 1. The van der Waals surface area contributed by atoms with Crippen LogP contribution >= 0.6 is 11.6 Å². The summed E-state index contributed by atoms with van der Waals surface area (Å²) in [5, 5.41) is 3.96. The van der Waals surface area contributed by atoms with Crippen molar-refractivity contribution in [1.82, 2.24) is 5.32 Å². The monoisotopic (exact) mass is 221 g/mol. The first kappa shape index (κ1) is 10.7. The predicted octanol–water partition coefficient (Wildman–Crippen LogP) is 3.41. The van der Waals surface area contributed by atoms with Crippen molar-refractivity contribution >= 4 is 11.6 Å². The molecule has 15 heavy (non-hydrogen) atoms. The van der Waals surface area contributed by atoms with E-state index >= 15 is 0 Å². The molecule has 0 amide bonds. The van der Waals surface area contributed by atoms with E-state index in [-0.39, 0.29) is 0 Å². The third-order valence-electron chi connectivity index (χ3n) is 2.70. The molecule has 0 heterocycles. The lowest BCUT2D eigenvalue weighted by atomic mass is 10.0. The third kappa shape index (κ3) is 3.08. The largest absolute Gasteiger partial charge is 0.308 e. The molecule has 0 radical (unpaired) electrons. The van der Waals surface area contributed by atoms with Crippen LogP contribution in [0.2, 0.25) is 0 Å². The number of rotatable bonds is 5. The van der Waals surface area contributed by atoms with E-state index in [1.807, 2.05) is 0 Å². The minimum Gasteiger partial charge on any atom is -0.308 e. The molecular weight excluding hydrogens is 206 g/mol. The van der Waals surface area contributed by atoms with E-state index in [0.717, 1.165) is 12.5 Å². The standard InChI is InChI=1S/C13H16ClN/c1-10(14)8-15-9-12-4-2-3-5-13(12)11-6-7-11/h2-5,11,15H,1,6-9H2. The Morgan fingerprint density at radius 1 is 1.40 bits per heavy atom. The molecule has 1 nitrogen and oxygen atoms in total. The molecule has 1 aromatic carbocycles. The van der Waals surface area contributed by atoms with Crippen LogP contribution in [-0.2, 0) is 6.54 Å². The maximum absolute atomic E-state index is 5.70. The van der Waals surface area contributed by atoms with Crippen molar-refractivity contribution in [2.75, 3.05) is 6.54 Å². The van der Waals surface area contributed by atoms with E-state index in [4.69, 9.17) is 11.6 Å². The summed E-state index contributed by atoms with van der Waals surface area (Å²) in [5.41, 5.74) is 2.91. The van der Waals surface area contributed by atoms with Crippen molar-refractivity contribution in [1.29, 1.82) is 0 Å². The molecule has 1 aliphatic rings. The summed E-state index contributed by atoms with van der Waals surface area (Å²) in [6, 6.07) is 8.65. The Labute approximate surface area is 96.1 Å². The van der Waals surface area contributed by atoms with Crippen molar-refractivity contribution in [2.45, 2.75) is 25.3 Å². The van der Waals surface area contributed by atoms with E-state index in [9.17, 15) is 0 Å². The molecule has 0 aromatic heterocycles. The average Bonchev–Trinajstić information content (AvgIpc) is 3.01. The molecule has 2 heteroatoms. The zero-order valence-corrected chi connectivity index (χ0v) is 9.56. The summed E-state index contributed by atoms with van der Waals surface area (Å²) in [7, 11) is 0. The summed E-state index contributed by atoms with van der Waals surface area (Å²) in [6.45, 7) is 5.23. The van der Waals surface area contributed by atoms with Gasteiger partial charge in [-0.3, -0.25) is 0 Å². The number of hydrogen-bond acceptors (Lipinski definition) is 1. The lowest BCUT2D eigenvalue weighted by Gasteiger charge is -2.09. The van der Waals surface area contributed by atoms with Gasteiger partial charge in [0.1, 0.15) is 0 Å². The zero-order valence-electron chi connectivity index (χ0n) is 8.80. The van der Waals surface area contributed by atoms with Crippen LogP contribution in [0.5, 0.6) is 0 Å². The van der Waals surface area contributed by atoms with Gasteiger partial charge in [0.25, 0.3) is 0 Å². The van der Waals surface area contributed by atoms with Gasteiger partial charge in [-0.15, -0.1) is 0 Å². The molecule has 0 atom stereocenters. The fraction of sp³-hybridized carbons (Fsp3) is 0.385. The van der Waals surface area contributed by atoms with Crippen LogP contribution in [0.4, 0.5) is 0 Å². The molecule has 1 saturated carbocycles. The van der Waals surface area contributed by atoms with Gasteiger partial charge in [0.15, 0.2) is 0 Å². The Hall–Kier alpha value is -0.790. The topological polar surface area (TPSA) is 12.0 Å². The smallest absolute Gasteiger partial charge is 0.0310 e. The van der Waals surface area contributed by atoms with Gasteiger partial charge < -0.3 is 5.32 Å². The molecule has 0 spiro atoms. The molecule has 1 aliphatic carbocycles. The summed E-state index contributed by atoms with van der Waals surface area (Å²) >= 11 is 5.70. The fourth-order valence-electron chi connectivity index (χ4n) is 1.82. The summed E-state index contributed by atoms with van der Waals surface area (Å²) < 4.78 is 0. The average molecular weight is 222 g/mol. The van der Waals surface area contributed by atoms with Crippen molar-refractivity contribution in [3.05, 3.63) is 47.0 Å². The lowest BCUT2D eigenvalue weighted by molar-refractivity contribution is 0.746. The first-order valence-corrected chi connectivity index (χ1v) is 5.77. The van der Waals surface area contributed by atoms with Crippen LogP contribution in [0.15, 0.2) is 35.9 Å². The van der Waals surface area contributed by atoms with E-state index < -0.39 is 0 Å². The lowest BCUT2D eigenvalue weighted by Crippen LogP contribution is -2.15. The van der Waals surface area contributed by atoms with Crippen LogP contribution < -0.4 is 5.32 Å². The fourth-order valence-corrected chi connectivity index (χ4v) is 1.92. The Balaban J connectivity index is 1.97. The van der Waals surface area contributed by atoms with Crippen molar-refractivity contribution in [3.63, 3.8) is 0 Å². The summed E-state index contributed by atoms with van der Waals surface area (Å²) in [4.78, 5) is 0. The Kier molecular flexibility index (Phi) is 3.45. The Bertz CT molecular complexity index is 355. The first-order chi connectivity index (χ1) is 7.27. The second-order valence-electron chi connectivity index (χ2n) is 4.09. The summed E-state index contributed by atoms with van der Waals surface area (Å²) in [5.74, 6) is 0.808. The van der Waals surface area contributed by atoms with E-state index in [2.05, 4.69) is 36.2 Å². The third-order valence-corrected chi connectivity index (χ3v) is 2.84. The second-order valence-corrected chi connectivity index (χ2v) is 4.63. The highest BCUT2D eigenvalue weighted by Gasteiger charge is 2.25. The molecule has 1 aromatic rings. The summed E-state index contributed by atoms with van der Waals surface area (Å²) in [6.07, 6.45) is 2.69. The molecule has 0 aliphatic heterocycles. The van der Waals surface area contributed by atoms with Gasteiger partial charge in [-0.1, -0.05) is 42.4 Å². The maximum Gasteiger partial charge on any atom is 0.0310 e. The molecule has 80 valence electrons. The van der Waals surface area contributed by atoms with Crippen LogP contribution in [0.1, 0.15) is 29.9 Å². The van der Waals surface area contributed by atoms with Gasteiger partial charge >= 0.3 is 0 Å². The first-order valence-electron chi connectivity index (χ1n) is 5.39. The molecule has 1 fully saturated rings. The van der Waals surface area contributed by atoms with Crippen molar-refractivity contribution < 1.29 is 0 Å². The predicted molar refractivity (Wildman–Crippen MR) is 65.1 cm³/mol. The van der Waals surface area contributed by atoms with Gasteiger partial charge in [-0.2, -0.15) is 0 Å². The van der Waals surface area contributed by atoms with Gasteiger partial charge in [0.2, 0.25) is 0 Å². The quantitative estimate of drug-likeness (QED) is 0.804. The van der Waals surface area contributed by atoms with Crippen molar-refractivity contribution in [2.24, 2.45) is 0 Å². The van der Waals surface area contributed by atoms with E-state index in [1.165, 1.54) is 24.0 Å². The number of nitrogens with one attached hydrogen (secondary N) is 1. The van der Waals surface area contributed by atoms with Gasteiger partial charge in [-0.05, 0) is 29.9 Å². The van der Waals surface area contributed by atoms with Crippen LogP contribution in [0.25, 0.3) is 0 Å². The SMILES string of the molecule is C=C(Cl)CNCc1ccccc1C1CC1. The molecule has 2 rings (SSSR count). The highest BCUT2D eigenvalue weighted by molar-refractivity contribution is 6.29. The highest BCUT2D eigenvalue weighted by atomic mass is 35.5. The molecule has 0 unspecified atom stereocenters. The molecule has 0 saturated heterocycles. The Morgan fingerprint density at radius 2 is 2.13 bits per heavy atom. The Morgan fingerprint density at radius 3 is 2.80 bits per heavy atom. The van der Waals surface area contributed by atoms with Gasteiger partial charge in [-0.25, -0.2) is 0 Å². The van der Waals surface area contributed by atoms with Crippen molar-refractivity contribution in [3.8, 4) is 0 Å². The maximum atomic E-state index is 5.70. The molecule has 1 N–H and O–H groups in total. The number of halogens is 1. The minimum absolute atomic E-state index is 0.666. The molecule has 0 bridgehead atoms. The normalized spacial score (nSPS) is 15.3. The van der Waals surface area contributed by atoms with Gasteiger partial charge in [0.05, 0.1) is 0 Å². The highest BCUT2D eigenvalue weighted by Crippen LogP contribution is 2.41. The van der Waals surface area contributed by atoms with Crippen LogP contribution in [0.3, 0.4) is 0 Å². The van der Waals surface area contributed by atoms with E-state index in [1.54, 1.807) is 0 Å². The van der Waals surface area contributed by atoms with E-state index in [0.29, 0.717) is 11.6 Å². The van der Waals surface area contributed by atoms with Gasteiger partial charge in [0, 0.05) is 18.1 Å². The van der Waals surface area contributed by atoms with Crippen LogP contribution in [-0.4, -0.2) is 6.54 Å². The van der Waals surface area contributed by atoms with Crippen LogP contribution in [0, 0.1) is 0 Å².